The average molecular weight is 260 g/mol. The number of amides is 1. The van der Waals surface area contributed by atoms with Gasteiger partial charge in [-0.15, -0.1) is 0 Å². The van der Waals surface area contributed by atoms with Crippen LogP contribution in [-0.4, -0.2) is 27.2 Å². The largest absolute Gasteiger partial charge is 0.349 e. The fourth-order valence-corrected chi connectivity index (χ4v) is 1.68. The van der Waals surface area contributed by atoms with E-state index >= 15 is 0 Å². The molecule has 2 heterocycles. The molecule has 1 atom stereocenters. The molecule has 0 aromatic carbocycles. The van der Waals surface area contributed by atoms with E-state index in [1.807, 2.05) is 20.0 Å². The molecule has 0 radical (unpaired) electrons. The number of nitrogens with one attached hydrogen (secondary N) is 2. The Bertz CT molecular complexity index is 629. The first-order chi connectivity index (χ1) is 9.06. The third-order valence-corrected chi connectivity index (χ3v) is 2.75. The van der Waals surface area contributed by atoms with Gasteiger partial charge in [0, 0.05) is 18.8 Å². The SMILES string of the molecule is Cc1cnn([C@@H](C)CNC(=O)c2cccc(=O)[nH]2)c1. The molecule has 0 saturated heterocycles. The summed E-state index contributed by atoms with van der Waals surface area (Å²) in [5, 5.41) is 6.95. The van der Waals surface area contributed by atoms with Gasteiger partial charge in [-0.3, -0.25) is 14.3 Å². The number of hydrogen-bond donors (Lipinski definition) is 2. The molecule has 2 aromatic rings. The Morgan fingerprint density at radius 3 is 2.95 bits per heavy atom. The highest BCUT2D eigenvalue weighted by molar-refractivity contribution is 5.92. The molecule has 0 fully saturated rings. The van der Waals surface area contributed by atoms with Crippen molar-refractivity contribution < 1.29 is 4.79 Å². The van der Waals surface area contributed by atoms with Crippen molar-refractivity contribution in [2.24, 2.45) is 0 Å². The minimum Gasteiger partial charge on any atom is -0.349 e. The van der Waals surface area contributed by atoms with Gasteiger partial charge in [0.05, 0.1) is 12.2 Å². The summed E-state index contributed by atoms with van der Waals surface area (Å²) in [5.41, 5.74) is 1.05. The fourth-order valence-electron chi connectivity index (χ4n) is 1.68. The second-order valence-corrected chi connectivity index (χ2v) is 4.49. The zero-order valence-electron chi connectivity index (χ0n) is 10.9. The van der Waals surface area contributed by atoms with E-state index in [9.17, 15) is 9.59 Å². The lowest BCUT2D eigenvalue weighted by Gasteiger charge is -2.13. The summed E-state index contributed by atoms with van der Waals surface area (Å²) in [7, 11) is 0. The van der Waals surface area contributed by atoms with E-state index in [2.05, 4.69) is 15.4 Å². The van der Waals surface area contributed by atoms with E-state index in [1.54, 1.807) is 23.0 Å². The maximum absolute atomic E-state index is 11.8. The van der Waals surface area contributed by atoms with Crippen LogP contribution in [-0.2, 0) is 0 Å². The number of aromatic nitrogens is 3. The first-order valence-electron chi connectivity index (χ1n) is 6.04. The Balaban J connectivity index is 1.95. The van der Waals surface area contributed by atoms with Gasteiger partial charge in [0.1, 0.15) is 5.69 Å². The zero-order valence-corrected chi connectivity index (χ0v) is 10.9. The van der Waals surface area contributed by atoms with Crippen LogP contribution in [0.2, 0.25) is 0 Å². The summed E-state index contributed by atoms with van der Waals surface area (Å²) in [6.07, 6.45) is 3.69. The topological polar surface area (TPSA) is 79.8 Å². The first kappa shape index (κ1) is 13.1. The molecule has 6 nitrogen and oxygen atoms in total. The van der Waals surface area contributed by atoms with E-state index in [1.165, 1.54) is 6.07 Å². The van der Waals surface area contributed by atoms with Crippen LogP contribution in [0.5, 0.6) is 0 Å². The molecule has 1 amide bonds. The van der Waals surface area contributed by atoms with Crippen LogP contribution in [0.3, 0.4) is 0 Å². The van der Waals surface area contributed by atoms with Gasteiger partial charge < -0.3 is 10.3 Å². The third kappa shape index (κ3) is 3.31. The van der Waals surface area contributed by atoms with Crippen molar-refractivity contribution >= 4 is 5.91 Å². The van der Waals surface area contributed by atoms with Crippen molar-refractivity contribution in [2.45, 2.75) is 19.9 Å². The standard InChI is InChI=1S/C13H16N4O2/c1-9-6-15-17(8-9)10(2)7-14-13(19)11-4-3-5-12(18)16-11/h3-6,8,10H,7H2,1-2H3,(H,14,19)(H,16,18)/t10-/m0/s1. The van der Waals surface area contributed by atoms with Gasteiger partial charge in [-0.25, -0.2) is 0 Å². The number of carbonyl (C=O) groups is 1. The number of nitrogens with zero attached hydrogens (tertiary/aromatic N) is 2. The monoisotopic (exact) mass is 260 g/mol. The smallest absolute Gasteiger partial charge is 0.267 e. The number of hydrogen-bond acceptors (Lipinski definition) is 3. The Morgan fingerprint density at radius 1 is 1.53 bits per heavy atom. The molecule has 6 heteroatoms. The number of H-pyrrole nitrogens is 1. The molecule has 0 aliphatic heterocycles. The van der Waals surface area contributed by atoms with Crippen LogP contribution in [0.1, 0.15) is 29.0 Å². The average Bonchev–Trinajstić information content (AvgIpc) is 2.82. The second-order valence-electron chi connectivity index (χ2n) is 4.49. The quantitative estimate of drug-likeness (QED) is 0.856. The molecule has 100 valence electrons. The van der Waals surface area contributed by atoms with Gasteiger partial charge in [0.25, 0.3) is 5.91 Å². The van der Waals surface area contributed by atoms with Crippen molar-refractivity contribution in [3.8, 4) is 0 Å². The molecule has 0 unspecified atom stereocenters. The molecule has 0 aliphatic carbocycles. The predicted molar refractivity (Wildman–Crippen MR) is 71.1 cm³/mol. The van der Waals surface area contributed by atoms with Gasteiger partial charge in [0.2, 0.25) is 5.56 Å². The van der Waals surface area contributed by atoms with Crippen LogP contribution in [0, 0.1) is 6.92 Å². The van der Waals surface area contributed by atoms with Crippen molar-refractivity contribution in [3.05, 3.63) is 52.2 Å². The van der Waals surface area contributed by atoms with Gasteiger partial charge in [-0.2, -0.15) is 5.10 Å². The highest BCUT2D eigenvalue weighted by atomic mass is 16.2. The predicted octanol–water partition coefficient (Wildman–Crippen LogP) is 0.871. The number of pyridine rings is 1. The van der Waals surface area contributed by atoms with Crippen LogP contribution in [0.25, 0.3) is 0 Å². The van der Waals surface area contributed by atoms with Crippen LogP contribution in [0.4, 0.5) is 0 Å². The summed E-state index contributed by atoms with van der Waals surface area (Å²) < 4.78 is 1.79. The minimum absolute atomic E-state index is 0.0492. The van der Waals surface area contributed by atoms with Gasteiger partial charge in [-0.1, -0.05) is 6.07 Å². The zero-order chi connectivity index (χ0) is 13.8. The molecule has 0 bridgehead atoms. The lowest BCUT2D eigenvalue weighted by molar-refractivity contribution is 0.0942. The maximum atomic E-state index is 11.8. The van der Waals surface area contributed by atoms with Crippen LogP contribution >= 0.6 is 0 Å². The highest BCUT2D eigenvalue weighted by Gasteiger charge is 2.10. The molecule has 2 aromatic heterocycles. The number of aromatic amines is 1. The molecular formula is C13H16N4O2. The Labute approximate surface area is 110 Å². The van der Waals surface area contributed by atoms with Gasteiger partial charge >= 0.3 is 0 Å². The summed E-state index contributed by atoms with van der Waals surface area (Å²) in [6.45, 7) is 4.36. The second kappa shape index (κ2) is 5.51. The third-order valence-electron chi connectivity index (χ3n) is 2.75. The van der Waals surface area contributed by atoms with Crippen molar-refractivity contribution in [1.82, 2.24) is 20.1 Å². The number of rotatable bonds is 4. The lowest BCUT2D eigenvalue weighted by atomic mass is 10.3. The van der Waals surface area contributed by atoms with Crippen LogP contribution in [0.15, 0.2) is 35.4 Å². The molecular weight excluding hydrogens is 244 g/mol. The lowest BCUT2D eigenvalue weighted by Crippen LogP contribution is -2.31. The van der Waals surface area contributed by atoms with Crippen LogP contribution < -0.4 is 10.9 Å². The summed E-state index contributed by atoms with van der Waals surface area (Å²) in [6, 6.07) is 4.53. The number of aryl methyl sites for hydroxylation is 1. The van der Waals surface area contributed by atoms with E-state index in [0.717, 1.165) is 5.56 Å². The summed E-state index contributed by atoms with van der Waals surface area (Å²) in [4.78, 5) is 25.4. The van der Waals surface area contributed by atoms with E-state index in [4.69, 9.17) is 0 Å². The molecule has 2 rings (SSSR count). The summed E-state index contributed by atoms with van der Waals surface area (Å²) in [5.74, 6) is -0.298. The van der Waals surface area contributed by atoms with Gasteiger partial charge in [0.15, 0.2) is 0 Å². The normalized spacial score (nSPS) is 12.1. The van der Waals surface area contributed by atoms with Gasteiger partial charge in [-0.05, 0) is 25.5 Å². The highest BCUT2D eigenvalue weighted by Crippen LogP contribution is 2.04. The fraction of sp³-hybridized carbons (Fsp3) is 0.308. The van der Waals surface area contributed by atoms with Crippen molar-refractivity contribution in [3.63, 3.8) is 0 Å². The Kier molecular flexibility index (Phi) is 3.79. The van der Waals surface area contributed by atoms with E-state index in [-0.39, 0.29) is 23.2 Å². The maximum Gasteiger partial charge on any atom is 0.267 e. The van der Waals surface area contributed by atoms with Crippen molar-refractivity contribution in [1.29, 1.82) is 0 Å². The number of carbonyl (C=O) groups excluding carboxylic acids is 1. The van der Waals surface area contributed by atoms with E-state index < -0.39 is 0 Å². The van der Waals surface area contributed by atoms with E-state index in [0.29, 0.717) is 6.54 Å². The Morgan fingerprint density at radius 2 is 2.32 bits per heavy atom. The Hall–Kier alpha value is -2.37. The summed E-state index contributed by atoms with van der Waals surface area (Å²) >= 11 is 0. The molecule has 19 heavy (non-hydrogen) atoms. The molecule has 0 aliphatic rings. The minimum atomic E-state index is -0.298. The first-order valence-corrected chi connectivity index (χ1v) is 6.04. The molecule has 0 saturated carbocycles. The molecule has 2 N–H and O–H groups in total. The molecule has 0 spiro atoms. The van der Waals surface area contributed by atoms with Crippen molar-refractivity contribution in [2.75, 3.05) is 6.54 Å².